The molecule has 32 heavy (non-hydrogen) atoms. The quantitative estimate of drug-likeness (QED) is 0.559. The van der Waals surface area contributed by atoms with E-state index in [-0.39, 0.29) is 28.8 Å². The predicted octanol–water partition coefficient (Wildman–Crippen LogP) is 5.50. The van der Waals surface area contributed by atoms with Crippen LogP contribution in [0.25, 0.3) is 10.8 Å². The zero-order chi connectivity index (χ0) is 22.5. The highest BCUT2D eigenvalue weighted by Gasteiger charge is 2.70. The summed E-state index contributed by atoms with van der Waals surface area (Å²) < 4.78 is 7.00. The minimum atomic E-state index is -0.587. The summed E-state index contributed by atoms with van der Waals surface area (Å²) in [6.45, 7) is 10.7. The molecule has 0 radical (unpaired) electrons. The van der Waals surface area contributed by atoms with E-state index in [9.17, 15) is 4.79 Å². The number of para-hydroxylation sites is 1. The Morgan fingerprint density at radius 2 is 1.75 bits per heavy atom. The summed E-state index contributed by atoms with van der Waals surface area (Å²) in [5, 5.41) is 5.66. The first-order chi connectivity index (χ1) is 15.1. The van der Waals surface area contributed by atoms with Crippen molar-refractivity contribution >= 4 is 22.4 Å². The molecule has 1 spiro atoms. The molecule has 4 nitrogen and oxygen atoms in total. The number of fused-ring (bicyclic) bond motifs is 7. The Balaban J connectivity index is 1.62. The van der Waals surface area contributed by atoms with E-state index in [0.29, 0.717) is 0 Å². The molecule has 0 aliphatic carbocycles. The average molecular weight is 427 g/mol. The van der Waals surface area contributed by atoms with Crippen molar-refractivity contribution in [3.63, 3.8) is 0 Å². The van der Waals surface area contributed by atoms with Crippen LogP contribution < -0.4 is 15.0 Å². The van der Waals surface area contributed by atoms with Crippen molar-refractivity contribution in [3.05, 3.63) is 71.8 Å². The van der Waals surface area contributed by atoms with Gasteiger partial charge in [-0.25, -0.2) is 0 Å². The number of anilines is 1. The zero-order valence-corrected chi connectivity index (χ0v) is 19.4. The monoisotopic (exact) mass is 426 g/mol. The van der Waals surface area contributed by atoms with E-state index in [0.717, 1.165) is 17.9 Å². The lowest BCUT2D eigenvalue weighted by atomic mass is 9.72. The molecule has 3 aliphatic heterocycles. The molecular formula is C28H30N2O2. The third kappa shape index (κ3) is 2.35. The molecule has 3 aliphatic rings. The van der Waals surface area contributed by atoms with Crippen LogP contribution in [0.5, 0.6) is 5.75 Å². The summed E-state index contributed by atoms with van der Waals surface area (Å²) in [4.78, 5) is 16.2. The molecule has 1 amide bonds. The second-order valence-corrected chi connectivity index (χ2v) is 11.1. The highest BCUT2D eigenvalue weighted by molar-refractivity contribution is 5.95. The lowest BCUT2D eigenvalue weighted by Gasteiger charge is -2.45. The lowest BCUT2D eigenvalue weighted by Crippen LogP contribution is -2.60. The number of benzene rings is 3. The number of rotatable bonds is 1. The van der Waals surface area contributed by atoms with Crippen LogP contribution in [0, 0.1) is 0 Å². The maximum Gasteiger partial charge on any atom is 0.243 e. The number of carbonyl (C=O) groups is 1. The number of nitrogens with one attached hydrogen (secondary N) is 1. The van der Waals surface area contributed by atoms with Gasteiger partial charge in [0.1, 0.15) is 11.8 Å². The second-order valence-electron chi connectivity index (χ2n) is 11.1. The number of nitrogens with zero attached hydrogens (tertiary/aromatic N) is 1. The topological polar surface area (TPSA) is 41.6 Å². The van der Waals surface area contributed by atoms with E-state index in [1.165, 1.54) is 21.9 Å². The van der Waals surface area contributed by atoms with Crippen molar-refractivity contribution in [2.45, 2.75) is 69.7 Å². The van der Waals surface area contributed by atoms with Gasteiger partial charge >= 0.3 is 0 Å². The van der Waals surface area contributed by atoms with Gasteiger partial charge < -0.3 is 15.0 Å². The number of carbonyl (C=O) groups excluding carboxylic acids is 1. The first kappa shape index (κ1) is 19.7. The SMILES string of the molecule is CC(C)(C)NC(=O)C1C2CC3(Oc4ccc5ccccc5c42)N1c1ccccc1C3(C)C. The van der Waals surface area contributed by atoms with Crippen LogP contribution in [-0.2, 0) is 10.2 Å². The Kier molecular flexibility index (Phi) is 3.72. The van der Waals surface area contributed by atoms with Crippen molar-refractivity contribution in [1.29, 1.82) is 0 Å². The van der Waals surface area contributed by atoms with E-state index < -0.39 is 5.72 Å². The van der Waals surface area contributed by atoms with Gasteiger partial charge in [-0.3, -0.25) is 4.79 Å². The molecule has 1 saturated heterocycles. The summed E-state index contributed by atoms with van der Waals surface area (Å²) in [7, 11) is 0. The summed E-state index contributed by atoms with van der Waals surface area (Å²) in [5.74, 6) is 1.04. The summed E-state index contributed by atoms with van der Waals surface area (Å²) in [6, 6.07) is 20.9. The normalized spacial score (nSPS) is 26.8. The van der Waals surface area contributed by atoms with Crippen LogP contribution >= 0.6 is 0 Å². The molecule has 3 atom stereocenters. The first-order valence-electron chi connectivity index (χ1n) is 11.6. The summed E-state index contributed by atoms with van der Waals surface area (Å²) in [6.07, 6.45) is 0.790. The average Bonchev–Trinajstić information content (AvgIpc) is 3.11. The van der Waals surface area contributed by atoms with Gasteiger partial charge in [0, 0.05) is 29.1 Å². The van der Waals surface area contributed by atoms with Crippen molar-refractivity contribution in [1.82, 2.24) is 5.32 Å². The van der Waals surface area contributed by atoms with Gasteiger partial charge in [0.05, 0.1) is 5.41 Å². The lowest BCUT2D eigenvalue weighted by molar-refractivity contribution is -0.124. The Hall–Kier alpha value is -3.01. The number of ether oxygens (including phenoxy) is 1. The van der Waals surface area contributed by atoms with Crippen LogP contribution in [0.4, 0.5) is 5.69 Å². The van der Waals surface area contributed by atoms with Crippen LogP contribution in [0.1, 0.15) is 58.1 Å². The van der Waals surface area contributed by atoms with E-state index in [1.807, 2.05) is 20.8 Å². The smallest absolute Gasteiger partial charge is 0.243 e. The molecule has 3 aromatic rings. The van der Waals surface area contributed by atoms with Gasteiger partial charge in [-0.1, -0.05) is 48.5 Å². The molecule has 3 heterocycles. The molecular weight excluding hydrogens is 396 g/mol. The molecule has 1 N–H and O–H groups in total. The largest absolute Gasteiger partial charge is 0.467 e. The van der Waals surface area contributed by atoms with Gasteiger partial charge in [-0.05, 0) is 63.1 Å². The van der Waals surface area contributed by atoms with Crippen LogP contribution in [0.15, 0.2) is 60.7 Å². The van der Waals surface area contributed by atoms with Crippen molar-refractivity contribution < 1.29 is 9.53 Å². The second kappa shape index (κ2) is 6.06. The number of hydrogen-bond donors (Lipinski definition) is 1. The van der Waals surface area contributed by atoms with E-state index in [1.54, 1.807) is 0 Å². The van der Waals surface area contributed by atoms with Gasteiger partial charge in [-0.2, -0.15) is 0 Å². The third-order valence-corrected chi connectivity index (χ3v) is 7.71. The zero-order valence-electron chi connectivity index (χ0n) is 19.4. The molecule has 0 saturated carbocycles. The van der Waals surface area contributed by atoms with Crippen molar-refractivity contribution in [2.24, 2.45) is 0 Å². The van der Waals surface area contributed by atoms with Crippen molar-refractivity contribution in [3.8, 4) is 5.75 Å². The molecule has 2 bridgehead atoms. The van der Waals surface area contributed by atoms with Gasteiger partial charge in [0.25, 0.3) is 0 Å². The first-order valence-corrected chi connectivity index (χ1v) is 11.6. The predicted molar refractivity (Wildman–Crippen MR) is 128 cm³/mol. The molecule has 3 aromatic carbocycles. The van der Waals surface area contributed by atoms with E-state index in [4.69, 9.17) is 4.74 Å². The number of amides is 1. The highest BCUT2D eigenvalue weighted by Crippen LogP contribution is 2.65. The number of hydrogen-bond acceptors (Lipinski definition) is 3. The fourth-order valence-electron chi connectivity index (χ4n) is 6.39. The molecule has 0 aromatic heterocycles. The third-order valence-electron chi connectivity index (χ3n) is 7.71. The molecule has 6 rings (SSSR count). The van der Waals surface area contributed by atoms with Gasteiger partial charge in [0.2, 0.25) is 5.91 Å². The molecule has 1 fully saturated rings. The van der Waals surface area contributed by atoms with Gasteiger partial charge in [-0.15, -0.1) is 0 Å². The van der Waals surface area contributed by atoms with Crippen LogP contribution in [0.3, 0.4) is 0 Å². The minimum absolute atomic E-state index is 0.0554. The highest BCUT2D eigenvalue weighted by atomic mass is 16.5. The summed E-state index contributed by atoms with van der Waals surface area (Å²) >= 11 is 0. The Bertz CT molecular complexity index is 1270. The fraction of sp³-hybridized carbons (Fsp3) is 0.393. The summed E-state index contributed by atoms with van der Waals surface area (Å²) in [5.41, 5.74) is 2.38. The van der Waals surface area contributed by atoms with Gasteiger partial charge in [0.15, 0.2) is 5.72 Å². The Labute approximate surface area is 189 Å². The van der Waals surface area contributed by atoms with Crippen LogP contribution in [0.2, 0.25) is 0 Å². The van der Waals surface area contributed by atoms with Crippen LogP contribution in [-0.4, -0.2) is 23.2 Å². The molecule has 164 valence electrons. The Morgan fingerprint density at radius 1 is 1.03 bits per heavy atom. The Morgan fingerprint density at radius 3 is 2.53 bits per heavy atom. The standard InChI is InChI=1S/C28H30N2O2/c1-26(2,3)29-25(31)24-19-16-28(27(4,5)20-12-8-9-13-21(20)30(24)28)32-22-15-14-17-10-6-7-11-18(17)23(19)22/h6-15,19,24H,16H2,1-5H3,(H,29,31). The van der Waals surface area contributed by atoms with E-state index >= 15 is 0 Å². The maximum atomic E-state index is 13.9. The minimum Gasteiger partial charge on any atom is -0.467 e. The fourth-order valence-corrected chi connectivity index (χ4v) is 6.39. The molecule has 3 unspecified atom stereocenters. The van der Waals surface area contributed by atoms with Crippen molar-refractivity contribution in [2.75, 3.05) is 4.90 Å². The molecule has 4 heteroatoms. The maximum absolute atomic E-state index is 13.9. The van der Waals surface area contributed by atoms with E-state index in [2.05, 4.69) is 84.7 Å².